The normalized spacial score (nSPS) is 11.8. The molecule has 0 aliphatic carbocycles. The molecule has 1 N–H and O–H groups in total. The molecule has 0 saturated carbocycles. The molecule has 2 rings (SSSR count). The molecule has 0 bridgehead atoms. The van der Waals surface area contributed by atoms with E-state index in [0.29, 0.717) is 9.90 Å². The Bertz CT molecular complexity index is 684. The summed E-state index contributed by atoms with van der Waals surface area (Å²) < 4.78 is 5.02. The van der Waals surface area contributed by atoms with E-state index in [9.17, 15) is 9.59 Å². The molecule has 0 aliphatic heterocycles. The van der Waals surface area contributed by atoms with Crippen LogP contribution in [-0.2, 0) is 9.53 Å². The van der Waals surface area contributed by atoms with Crippen LogP contribution in [0.25, 0.3) is 0 Å². The van der Waals surface area contributed by atoms with Crippen LogP contribution in [0.2, 0.25) is 5.02 Å². The van der Waals surface area contributed by atoms with Crippen molar-refractivity contribution in [2.45, 2.75) is 19.9 Å². The number of ether oxygens (including phenoxy) is 1. The third-order valence-electron chi connectivity index (χ3n) is 3.13. The van der Waals surface area contributed by atoms with Crippen LogP contribution >= 0.6 is 22.9 Å². The van der Waals surface area contributed by atoms with E-state index < -0.39 is 5.97 Å². The van der Waals surface area contributed by atoms with Crippen molar-refractivity contribution in [1.29, 1.82) is 0 Å². The Morgan fingerprint density at radius 3 is 2.68 bits per heavy atom. The van der Waals surface area contributed by atoms with Crippen molar-refractivity contribution >= 4 is 34.8 Å². The van der Waals surface area contributed by atoms with Crippen LogP contribution in [0.5, 0.6) is 0 Å². The number of hydrogen-bond donors (Lipinski definition) is 1. The number of thiophene rings is 1. The lowest BCUT2D eigenvalue weighted by molar-refractivity contribution is -0.124. The van der Waals surface area contributed by atoms with E-state index in [1.165, 1.54) is 11.3 Å². The number of nitrogens with one attached hydrogen (secondary N) is 1. The maximum absolute atomic E-state index is 11.9. The largest absolute Gasteiger partial charge is 0.451 e. The quantitative estimate of drug-likeness (QED) is 0.845. The number of benzene rings is 1. The van der Waals surface area contributed by atoms with Crippen LogP contribution in [0.1, 0.15) is 33.8 Å². The SMILES string of the molecule is Cc1ccsc1C(=O)OCC(=O)N[C@@H](C)c1ccccc1Cl. The van der Waals surface area contributed by atoms with Crippen molar-refractivity contribution in [2.24, 2.45) is 0 Å². The van der Waals surface area contributed by atoms with Crippen molar-refractivity contribution in [3.8, 4) is 0 Å². The molecule has 6 heteroatoms. The van der Waals surface area contributed by atoms with Crippen LogP contribution in [0.15, 0.2) is 35.7 Å². The van der Waals surface area contributed by atoms with E-state index in [4.69, 9.17) is 16.3 Å². The predicted molar refractivity (Wildman–Crippen MR) is 87.3 cm³/mol. The first kappa shape index (κ1) is 16.5. The highest BCUT2D eigenvalue weighted by Crippen LogP contribution is 2.22. The van der Waals surface area contributed by atoms with Gasteiger partial charge in [-0.2, -0.15) is 0 Å². The minimum atomic E-state index is -0.479. The molecular weight excluding hydrogens is 322 g/mol. The van der Waals surface area contributed by atoms with Crippen molar-refractivity contribution < 1.29 is 14.3 Å². The van der Waals surface area contributed by atoms with Gasteiger partial charge >= 0.3 is 5.97 Å². The number of carbonyl (C=O) groups excluding carboxylic acids is 2. The van der Waals surface area contributed by atoms with Crippen molar-refractivity contribution in [3.05, 3.63) is 56.7 Å². The van der Waals surface area contributed by atoms with Crippen LogP contribution in [0.3, 0.4) is 0 Å². The van der Waals surface area contributed by atoms with Crippen LogP contribution in [0, 0.1) is 6.92 Å². The second-order valence-electron chi connectivity index (χ2n) is 4.82. The van der Waals surface area contributed by atoms with Gasteiger partial charge in [0.1, 0.15) is 4.88 Å². The van der Waals surface area contributed by atoms with Gasteiger partial charge in [0.05, 0.1) is 6.04 Å². The standard InChI is InChI=1S/C16H16ClNO3S/c1-10-7-8-22-15(10)16(20)21-9-14(19)18-11(2)12-5-3-4-6-13(12)17/h3-8,11H,9H2,1-2H3,(H,18,19)/t11-/m0/s1. The summed E-state index contributed by atoms with van der Waals surface area (Å²) in [6.45, 7) is 3.34. The van der Waals surface area contributed by atoms with Gasteiger partial charge in [0.2, 0.25) is 0 Å². The molecular formula is C16H16ClNO3S. The monoisotopic (exact) mass is 337 g/mol. The smallest absolute Gasteiger partial charge is 0.349 e. The molecule has 2 aromatic rings. The first-order valence-electron chi connectivity index (χ1n) is 6.74. The summed E-state index contributed by atoms with van der Waals surface area (Å²) >= 11 is 7.38. The van der Waals surface area contributed by atoms with Gasteiger partial charge < -0.3 is 10.1 Å². The molecule has 22 heavy (non-hydrogen) atoms. The molecule has 1 atom stereocenters. The fourth-order valence-corrected chi connectivity index (χ4v) is 3.08. The number of aryl methyl sites for hydroxylation is 1. The Morgan fingerprint density at radius 1 is 1.32 bits per heavy atom. The van der Waals surface area contributed by atoms with Gasteiger partial charge in [0.15, 0.2) is 6.61 Å². The molecule has 0 saturated heterocycles. The maximum atomic E-state index is 11.9. The van der Waals surface area contributed by atoms with E-state index >= 15 is 0 Å². The van der Waals surface area contributed by atoms with Crippen LogP contribution < -0.4 is 5.32 Å². The first-order chi connectivity index (χ1) is 10.5. The van der Waals surface area contributed by atoms with E-state index in [0.717, 1.165) is 11.1 Å². The lowest BCUT2D eigenvalue weighted by atomic mass is 10.1. The molecule has 0 spiro atoms. The number of esters is 1. The molecule has 1 heterocycles. The first-order valence-corrected chi connectivity index (χ1v) is 8.00. The Morgan fingerprint density at radius 2 is 2.05 bits per heavy atom. The number of halogens is 1. The Kier molecular flexibility index (Phi) is 5.57. The number of carbonyl (C=O) groups is 2. The van der Waals surface area contributed by atoms with Gasteiger partial charge in [-0.25, -0.2) is 4.79 Å². The zero-order chi connectivity index (χ0) is 16.1. The van der Waals surface area contributed by atoms with Crippen molar-refractivity contribution in [3.63, 3.8) is 0 Å². The van der Waals surface area contributed by atoms with E-state index in [1.807, 2.05) is 43.5 Å². The van der Waals surface area contributed by atoms with Gasteiger partial charge in [0, 0.05) is 5.02 Å². The molecule has 0 unspecified atom stereocenters. The highest BCUT2D eigenvalue weighted by molar-refractivity contribution is 7.12. The number of amides is 1. The van der Waals surface area contributed by atoms with Crippen LogP contribution in [0.4, 0.5) is 0 Å². The summed E-state index contributed by atoms with van der Waals surface area (Å²) in [6, 6.07) is 8.85. The van der Waals surface area contributed by atoms with Gasteiger partial charge in [-0.1, -0.05) is 29.8 Å². The Labute approximate surface area is 138 Å². The van der Waals surface area contributed by atoms with Crippen molar-refractivity contribution in [1.82, 2.24) is 5.32 Å². The van der Waals surface area contributed by atoms with Crippen molar-refractivity contribution in [2.75, 3.05) is 6.61 Å². The lowest BCUT2D eigenvalue weighted by Crippen LogP contribution is -2.31. The molecule has 1 aromatic carbocycles. The minimum Gasteiger partial charge on any atom is -0.451 e. The Hall–Kier alpha value is -1.85. The summed E-state index contributed by atoms with van der Waals surface area (Å²) in [5.74, 6) is -0.844. The minimum absolute atomic E-state index is 0.261. The summed E-state index contributed by atoms with van der Waals surface area (Å²) in [5, 5.41) is 5.15. The lowest BCUT2D eigenvalue weighted by Gasteiger charge is -2.15. The van der Waals surface area contributed by atoms with E-state index in [2.05, 4.69) is 5.32 Å². The zero-order valence-corrected chi connectivity index (χ0v) is 13.8. The summed E-state index contributed by atoms with van der Waals surface area (Å²) in [4.78, 5) is 24.2. The van der Waals surface area contributed by atoms with Gasteiger partial charge in [-0.3, -0.25) is 4.79 Å². The summed E-state index contributed by atoms with van der Waals surface area (Å²) in [6.07, 6.45) is 0. The van der Waals surface area contributed by atoms with E-state index in [-0.39, 0.29) is 18.6 Å². The second-order valence-corrected chi connectivity index (χ2v) is 6.14. The average molecular weight is 338 g/mol. The summed E-state index contributed by atoms with van der Waals surface area (Å²) in [5.41, 5.74) is 1.66. The Balaban J connectivity index is 1.87. The third kappa shape index (κ3) is 4.08. The number of rotatable bonds is 5. The molecule has 1 amide bonds. The highest BCUT2D eigenvalue weighted by Gasteiger charge is 2.16. The van der Waals surface area contributed by atoms with Gasteiger partial charge in [0.25, 0.3) is 5.91 Å². The zero-order valence-electron chi connectivity index (χ0n) is 12.3. The highest BCUT2D eigenvalue weighted by atomic mass is 35.5. The topological polar surface area (TPSA) is 55.4 Å². The third-order valence-corrected chi connectivity index (χ3v) is 4.47. The predicted octanol–water partition coefficient (Wildman–Crippen LogP) is 3.74. The van der Waals surface area contributed by atoms with Crippen LogP contribution in [-0.4, -0.2) is 18.5 Å². The molecule has 0 radical (unpaired) electrons. The molecule has 116 valence electrons. The van der Waals surface area contributed by atoms with Gasteiger partial charge in [-0.15, -0.1) is 11.3 Å². The second kappa shape index (κ2) is 7.42. The number of hydrogen-bond acceptors (Lipinski definition) is 4. The fourth-order valence-electron chi connectivity index (χ4n) is 1.97. The fraction of sp³-hybridized carbons (Fsp3) is 0.250. The van der Waals surface area contributed by atoms with E-state index in [1.54, 1.807) is 6.07 Å². The summed E-state index contributed by atoms with van der Waals surface area (Å²) in [7, 11) is 0. The molecule has 0 fully saturated rings. The average Bonchev–Trinajstić information content (AvgIpc) is 2.91. The maximum Gasteiger partial charge on any atom is 0.349 e. The van der Waals surface area contributed by atoms with Gasteiger partial charge in [-0.05, 0) is 42.5 Å². The molecule has 0 aliphatic rings. The molecule has 4 nitrogen and oxygen atoms in total. The molecule has 1 aromatic heterocycles.